The molecule has 1 aliphatic heterocycles. The SMILES string of the molecule is CS(=O)(=O)N1CCN(c2cc3c(F)nn(-c4cc(O)c(F)c(C(F)(F)F)c4)c3cn2)CC1. The number of hydrogen-bond acceptors (Lipinski definition) is 6. The van der Waals surface area contributed by atoms with Gasteiger partial charge in [-0.15, -0.1) is 5.10 Å². The number of anilines is 1. The monoisotopic (exact) mass is 477 g/mol. The van der Waals surface area contributed by atoms with E-state index in [0.29, 0.717) is 31.0 Å². The summed E-state index contributed by atoms with van der Waals surface area (Å²) in [4.78, 5) is 5.94. The Morgan fingerprint density at radius 1 is 1.06 bits per heavy atom. The van der Waals surface area contributed by atoms with Crippen LogP contribution in [0.25, 0.3) is 16.6 Å². The summed E-state index contributed by atoms with van der Waals surface area (Å²) in [7, 11) is -3.34. The minimum Gasteiger partial charge on any atom is -0.505 e. The zero-order chi connectivity index (χ0) is 23.4. The van der Waals surface area contributed by atoms with Crippen molar-refractivity contribution in [2.75, 3.05) is 37.3 Å². The molecule has 0 amide bonds. The minimum atomic E-state index is -5.08. The molecule has 1 fully saturated rings. The van der Waals surface area contributed by atoms with Crippen LogP contribution in [-0.4, -0.2) is 65.0 Å². The van der Waals surface area contributed by atoms with E-state index in [1.54, 1.807) is 4.90 Å². The largest absolute Gasteiger partial charge is 0.505 e. The molecule has 14 heteroatoms. The van der Waals surface area contributed by atoms with Crippen LogP contribution in [-0.2, 0) is 16.2 Å². The number of aromatic hydroxyl groups is 1. The number of benzene rings is 1. The van der Waals surface area contributed by atoms with E-state index in [-0.39, 0.29) is 24.0 Å². The highest BCUT2D eigenvalue weighted by atomic mass is 32.2. The third-order valence-corrected chi connectivity index (χ3v) is 6.43. The Kier molecular flexibility index (Phi) is 5.24. The maximum atomic E-state index is 14.5. The highest BCUT2D eigenvalue weighted by Crippen LogP contribution is 2.37. The number of phenols is 1. The van der Waals surface area contributed by atoms with Gasteiger partial charge in [0.1, 0.15) is 5.82 Å². The molecule has 3 aromatic rings. The summed E-state index contributed by atoms with van der Waals surface area (Å²) in [5.74, 6) is -3.77. The third kappa shape index (κ3) is 3.95. The van der Waals surface area contributed by atoms with E-state index in [2.05, 4.69) is 10.1 Å². The van der Waals surface area contributed by atoms with Crippen molar-refractivity contribution in [3.05, 3.63) is 41.7 Å². The quantitative estimate of drug-likeness (QED) is 0.583. The molecule has 0 spiro atoms. The fourth-order valence-corrected chi connectivity index (χ4v) is 4.33. The second-order valence-electron chi connectivity index (χ2n) is 7.24. The lowest BCUT2D eigenvalue weighted by Crippen LogP contribution is -2.48. The Morgan fingerprint density at radius 2 is 1.72 bits per heavy atom. The topological polar surface area (TPSA) is 91.6 Å². The van der Waals surface area contributed by atoms with Gasteiger partial charge in [-0.1, -0.05) is 0 Å². The van der Waals surface area contributed by atoms with Gasteiger partial charge in [0.25, 0.3) is 0 Å². The number of pyridine rings is 1. The summed E-state index contributed by atoms with van der Waals surface area (Å²) >= 11 is 0. The van der Waals surface area contributed by atoms with Crippen LogP contribution in [0.4, 0.5) is 27.8 Å². The molecule has 1 aliphatic rings. The highest BCUT2D eigenvalue weighted by Gasteiger charge is 2.36. The van der Waals surface area contributed by atoms with E-state index in [1.165, 1.54) is 16.6 Å². The van der Waals surface area contributed by atoms with Crippen LogP contribution >= 0.6 is 0 Å². The number of aromatic nitrogens is 3. The Balaban J connectivity index is 1.71. The summed E-state index contributed by atoms with van der Waals surface area (Å²) in [5.41, 5.74) is -2.12. The molecule has 1 N–H and O–H groups in total. The summed E-state index contributed by atoms with van der Waals surface area (Å²) in [6, 6.07) is 2.46. The number of halogens is 5. The average Bonchev–Trinajstić information content (AvgIpc) is 3.04. The number of alkyl halides is 3. The lowest BCUT2D eigenvalue weighted by atomic mass is 10.1. The second-order valence-corrected chi connectivity index (χ2v) is 9.22. The van der Waals surface area contributed by atoms with E-state index in [1.807, 2.05) is 0 Å². The molecule has 0 aliphatic carbocycles. The first-order valence-corrected chi connectivity index (χ1v) is 11.1. The van der Waals surface area contributed by atoms with Crippen molar-refractivity contribution in [3.63, 3.8) is 0 Å². The summed E-state index contributed by atoms with van der Waals surface area (Å²) < 4.78 is 92.9. The van der Waals surface area contributed by atoms with E-state index in [9.17, 15) is 35.5 Å². The van der Waals surface area contributed by atoms with Crippen LogP contribution in [0.2, 0.25) is 0 Å². The first-order chi connectivity index (χ1) is 14.9. The van der Waals surface area contributed by atoms with Crippen molar-refractivity contribution < 1.29 is 35.5 Å². The fourth-order valence-electron chi connectivity index (χ4n) is 3.51. The van der Waals surface area contributed by atoms with Crippen LogP contribution < -0.4 is 4.90 Å². The molecule has 1 aromatic carbocycles. The molecule has 0 saturated carbocycles. The van der Waals surface area contributed by atoms with Gasteiger partial charge >= 0.3 is 6.18 Å². The van der Waals surface area contributed by atoms with Gasteiger partial charge in [-0.25, -0.2) is 22.5 Å². The van der Waals surface area contributed by atoms with Gasteiger partial charge in [0, 0.05) is 32.2 Å². The van der Waals surface area contributed by atoms with Crippen molar-refractivity contribution in [3.8, 4) is 11.4 Å². The normalized spacial score (nSPS) is 16.1. The molecule has 2 aromatic heterocycles. The molecule has 8 nitrogen and oxygen atoms in total. The van der Waals surface area contributed by atoms with Gasteiger partial charge in [0.2, 0.25) is 16.0 Å². The van der Waals surface area contributed by atoms with Crippen LogP contribution in [0.5, 0.6) is 5.75 Å². The first-order valence-electron chi connectivity index (χ1n) is 9.20. The maximum absolute atomic E-state index is 14.5. The van der Waals surface area contributed by atoms with Gasteiger partial charge < -0.3 is 10.0 Å². The van der Waals surface area contributed by atoms with Crippen LogP contribution in [0.15, 0.2) is 24.4 Å². The van der Waals surface area contributed by atoms with Gasteiger partial charge in [0.05, 0.1) is 34.6 Å². The Labute approximate surface area is 178 Å². The van der Waals surface area contributed by atoms with Gasteiger partial charge in [0.15, 0.2) is 11.6 Å². The summed E-state index contributed by atoms with van der Waals surface area (Å²) in [5, 5.41) is 13.1. The number of rotatable bonds is 3. The number of fused-ring (bicyclic) bond motifs is 1. The molecule has 172 valence electrons. The number of nitrogens with zero attached hydrogens (tertiary/aromatic N) is 5. The maximum Gasteiger partial charge on any atom is 0.419 e. The Hall–Kier alpha value is -3.00. The predicted molar refractivity (Wildman–Crippen MR) is 104 cm³/mol. The Bertz CT molecular complexity index is 1300. The third-order valence-electron chi connectivity index (χ3n) is 5.13. The summed E-state index contributed by atoms with van der Waals surface area (Å²) in [6.45, 7) is 1.05. The molecule has 0 unspecified atom stereocenters. The van der Waals surface area contributed by atoms with Crippen molar-refractivity contribution >= 4 is 26.7 Å². The molecular weight excluding hydrogens is 461 g/mol. The smallest absolute Gasteiger partial charge is 0.419 e. The molecular formula is C18H16F5N5O3S. The zero-order valence-corrected chi connectivity index (χ0v) is 17.3. The average molecular weight is 477 g/mol. The zero-order valence-electron chi connectivity index (χ0n) is 16.4. The fraction of sp³-hybridized carbons (Fsp3) is 0.333. The van der Waals surface area contributed by atoms with Crippen molar-refractivity contribution in [2.45, 2.75) is 6.18 Å². The van der Waals surface area contributed by atoms with E-state index in [4.69, 9.17) is 0 Å². The van der Waals surface area contributed by atoms with Gasteiger partial charge in [-0.3, -0.25) is 0 Å². The molecule has 0 radical (unpaired) electrons. The van der Waals surface area contributed by atoms with E-state index >= 15 is 0 Å². The molecule has 32 heavy (non-hydrogen) atoms. The standard InChI is InChI=1S/C18H16F5N5O3S/c1-32(30,31)27-4-2-26(3-5-27)15-8-11-13(9-24-15)28(25-17(11)20)10-6-12(18(21,22)23)16(19)14(29)7-10/h6-9,29H,2-5H2,1H3. The second kappa shape index (κ2) is 7.55. The molecule has 3 heterocycles. The lowest BCUT2D eigenvalue weighted by molar-refractivity contribution is -0.140. The molecule has 0 atom stereocenters. The Morgan fingerprint density at radius 3 is 2.31 bits per heavy atom. The van der Waals surface area contributed by atoms with Crippen molar-refractivity contribution in [1.82, 2.24) is 19.1 Å². The van der Waals surface area contributed by atoms with Crippen LogP contribution in [0, 0.1) is 11.8 Å². The molecule has 1 saturated heterocycles. The molecule has 4 rings (SSSR count). The lowest BCUT2D eigenvalue weighted by Gasteiger charge is -2.33. The van der Waals surface area contributed by atoms with Gasteiger partial charge in [-0.05, 0) is 12.1 Å². The number of hydrogen-bond donors (Lipinski definition) is 1. The first kappa shape index (κ1) is 22.2. The van der Waals surface area contributed by atoms with E-state index in [0.717, 1.165) is 10.9 Å². The van der Waals surface area contributed by atoms with Gasteiger partial charge in [-0.2, -0.15) is 21.9 Å². The minimum absolute atomic E-state index is 0.000143. The van der Waals surface area contributed by atoms with Crippen molar-refractivity contribution in [2.24, 2.45) is 0 Å². The number of piperazine rings is 1. The highest BCUT2D eigenvalue weighted by molar-refractivity contribution is 7.88. The van der Waals surface area contributed by atoms with Crippen LogP contribution in [0.1, 0.15) is 5.56 Å². The number of sulfonamides is 1. The van der Waals surface area contributed by atoms with Crippen molar-refractivity contribution in [1.29, 1.82) is 0 Å². The molecule has 0 bridgehead atoms. The van der Waals surface area contributed by atoms with E-state index < -0.39 is 45.0 Å². The van der Waals surface area contributed by atoms with Crippen LogP contribution in [0.3, 0.4) is 0 Å². The number of phenolic OH excluding ortho intramolecular Hbond substituents is 1. The predicted octanol–water partition coefficient (Wildman–Crippen LogP) is 2.50. The summed E-state index contributed by atoms with van der Waals surface area (Å²) in [6.07, 6.45) is -2.79.